The van der Waals surface area contributed by atoms with Crippen molar-refractivity contribution in [3.05, 3.63) is 58.7 Å². The van der Waals surface area contributed by atoms with E-state index in [1.165, 1.54) is 6.07 Å². The van der Waals surface area contributed by atoms with Gasteiger partial charge in [-0.05, 0) is 49.6 Å². The predicted molar refractivity (Wildman–Crippen MR) is 101 cm³/mol. The molecule has 0 spiro atoms. The molecule has 0 bridgehead atoms. The zero-order valence-electron chi connectivity index (χ0n) is 16.3. The third-order valence-electron chi connectivity index (χ3n) is 5.02. The monoisotopic (exact) mass is 468 g/mol. The van der Waals surface area contributed by atoms with Crippen LogP contribution in [0.4, 0.5) is 39.5 Å². The van der Waals surface area contributed by atoms with Gasteiger partial charge in [0.15, 0.2) is 0 Å². The summed E-state index contributed by atoms with van der Waals surface area (Å²) in [4.78, 5) is 2.41. The van der Waals surface area contributed by atoms with Crippen molar-refractivity contribution in [3.8, 4) is 11.3 Å². The first-order chi connectivity index (χ1) is 14.7. The second kappa shape index (κ2) is 8.34. The fourth-order valence-corrected chi connectivity index (χ4v) is 3.66. The zero-order valence-corrected chi connectivity index (χ0v) is 16.3. The van der Waals surface area contributed by atoms with Crippen LogP contribution in [0.5, 0.6) is 0 Å². The molecule has 11 heteroatoms. The number of hydrogen-bond acceptors (Lipinski definition) is 1. The van der Waals surface area contributed by atoms with Crippen molar-refractivity contribution >= 4 is 10.9 Å². The molecule has 0 saturated heterocycles. The molecule has 32 heavy (non-hydrogen) atoms. The van der Waals surface area contributed by atoms with Crippen LogP contribution in [-0.2, 0) is 24.9 Å². The van der Waals surface area contributed by atoms with Crippen molar-refractivity contribution in [2.24, 2.45) is 5.73 Å². The molecule has 0 aliphatic carbocycles. The number of unbranched alkanes of at least 4 members (excludes halogenated alkanes) is 1. The first kappa shape index (κ1) is 24.0. The third-order valence-corrected chi connectivity index (χ3v) is 5.02. The van der Waals surface area contributed by atoms with Gasteiger partial charge in [-0.15, -0.1) is 0 Å². The van der Waals surface area contributed by atoms with Crippen LogP contribution >= 0.6 is 0 Å². The van der Waals surface area contributed by atoms with E-state index < -0.39 is 51.7 Å². The minimum absolute atomic E-state index is 0.0119. The van der Waals surface area contributed by atoms with Crippen molar-refractivity contribution in [3.63, 3.8) is 0 Å². The van der Waals surface area contributed by atoms with Crippen molar-refractivity contribution in [2.75, 3.05) is 6.54 Å². The fraction of sp³-hybridized carbons (Fsp3) is 0.333. The highest BCUT2D eigenvalue weighted by atomic mass is 19.4. The number of alkyl halides is 9. The lowest BCUT2D eigenvalue weighted by molar-refractivity contribution is -0.142. The van der Waals surface area contributed by atoms with Gasteiger partial charge in [0.25, 0.3) is 0 Å². The van der Waals surface area contributed by atoms with E-state index in [2.05, 4.69) is 4.98 Å². The number of aromatic nitrogens is 1. The summed E-state index contributed by atoms with van der Waals surface area (Å²) >= 11 is 0. The molecule has 3 aromatic rings. The predicted octanol–water partition coefficient (Wildman–Crippen LogP) is 7.17. The molecule has 0 aliphatic heterocycles. The van der Waals surface area contributed by atoms with E-state index in [1.54, 1.807) is 0 Å². The number of rotatable bonds is 5. The summed E-state index contributed by atoms with van der Waals surface area (Å²) in [6.07, 6.45) is -14.6. The standard InChI is InChI=1S/C21H17F9N2/c22-19(23,24)11-9-15(21(28,29)30)17-13(6-3-4-8-31)18(32-16(17)10-11)12-5-1-2-7-14(12)20(25,26)27/h1-2,5,7,9-10,32H,3-4,6,8,31H2. The lowest BCUT2D eigenvalue weighted by atomic mass is 9.94. The van der Waals surface area contributed by atoms with E-state index >= 15 is 0 Å². The average molecular weight is 468 g/mol. The second-order valence-corrected chi connectivity index (χ2v) is 7.21. The molecule has 0 aliphatic rings. The molecule has 0 fully saturated rings. The number of H-pyrrole nitrogens is 1. The maximum Gasteiger partial charge on any atom is 0.417 e. The molecule has 3 N–H and O–H groups in total. The summed E-state index contributed by atoms with van der Waals surface area (Å²) in [5.74, 6) is 0. The molecule has 0 unspecified atom stereocenters. The molecule has 174 valence electrons. The van der Waals surface area contributed by atoms with Gasteiger partial charge in [0.1, 0.15) is 0 Å². The smallest absolute Gasteiger partial charge is 0.354 e. The number of aryl methyl sites for hydroxylation is 1. The van der Waals surface area contributed by atoms with Gasteiger partial charge in [0.05, 0.1) is 22.4 Å². The summed E-state index contributed by atoms with van der Waals surface area (Å²) < 4.78 is 122. The van der Waals surface area contributed by atoms with Gasteiger partial charge < -0.3 is 10.7 Å². The van der Waals surface area contributed by atoms with Gasteiger partial charge in [0.2, 0.25) is 0 Å². The van der Waals surface area contributed by atoms with Crippen molar-refractivity contribution in [1.82, 2.24) is 4.98 Å². The number of fused-ring (bicyclic) bond motifs is 1. The molecule has 0 radical (unpaired) electrons. The summed E-state index contributed by atoms with van der Waals surface area (Å²) in [6.45, 7) is 0.196. The summed E-state index contributed by atoms with van der Waals surface area (Å²) in [5, 5.41) is -0.575. The quantitative estimate of drug-likeness (QED) is 0.303. The number of nitrogens with two attached hydrogens (primary N) is 1. The van der Waals surface area contributed by atoms with E-state index in [0.29, 0.717) is 12.5 Å². The normalized spacial score (nSPS) is 13.2. The Morgan fingerprint density at radius 3 is 1.94 bits per heavy atom. The number of halogens is 9. The van der Waals surface area contributed by atoms with Crippen LogP contribution in [-0.4, -0.2) is 11.5 Å². The minimum atomic E-state index is -5.16. The number of aromatic amines is 1. The Morgan fingerprint density at radius 2 is 1.38 bits per heavy atom. The number of benzene rings is 2. The Hall–Kier alpha value is -2.69. The maximum atomic E-state index is 13.8. The third kappa shape index (κ3) is 4.72. The van der Waals surface area contributed by atoms with Crippen LogP contribution < -0.4 is 5.73 Å². The van der Waals surface area contributed by atoms with Gasteiger partial charge >= 0.3 is 18.5 Å². The fourth-order valence-electron chi connectivity index (χ4n) is 3.66. The molecule has 2 nitrogen and oxygen atoms in total. The molecule has 3 rings (SSSR count). The van der Waals surface area contributed by atoms with Crippen LogP contribution in [0.2, 0.25) is 0 Å². The van der Waals surface area contributed by atoms with E-state index in [-0.39, 0.29) is 36.7 Å². The summed E-state index contributed by atoms with van der Waals surface area (Å²) in [5.41, 5.74) is -0.223. The van der Waals surface area contributed by atoms with E-state index in [0.717, 1.165) is 18.2 Å². The highest BCUT2D eigenvalue weighted by Gasteiger charge is 2.40. The van der Waals surface area contributed by atoms with Crippen LogP contribution in [0, 0.1) is 0 Å². The molecular formula is C21H17F9N2. The molecule has 0 saturated carbocycles. The highest BCUT2D eigenvalue weighted by molar-refractivity contribution is 5.95. The van der Waals surface area contributed by atoms with Gasteiger partial charge in [-0.25, -0.2) is 0 Å². The van der Waals surface area contributed by atoms with Gasteiger partial charge in [-0.3, -0.25) is 0 Å². The van der Waals surface area contributed by atoms with Crippen molar-refractivity contribution in [2.45, 2.75) is 37.8 Å². The Bertz CT molecular complexity index is 1110. The maximum absolute atomic E-state index is 13.8. The minimum Gasteiger partial charge on any atom is -0.354 e. The highest BCUT2D eigenvalue weighted by Crippen LogP contribution is 2.45. The largest absolute Gasteiger partial charge is 0.417 e. The SMILES string of the molecule is NCCCCc1c(-c2ccccc2C(F)(F)F)[nH]c2cc(C(F)(F)F)cc(C(F)(F)F)c12. The molecular weight excluding hydrogens is 451 g/mol. The van der Waals surface area contributed by atoms with E-state index in [9.17, 15) is 39.5 Å². The summed E-state index contributed by atoms with van der Waals surface area (Å²) in [6, 6.07) is 4.69. The first-order valence-corrected chi connectivity index (χ1v) is 9.44. The van der Waals surface area contributed by atoms with E-state index in [1.807, 2.05) is 0 Å². The Balaban J connectivity index is 2.41. The Morgan fingerprint density at radius 1 is 0.750 bits per heavy atom. The van der Waals surface area contributed by atoms with Crippen LogP contribution in [0.15, 0.2) is 36.4 Å². The Kier molecular flexibility index (Phi) is 6.25. The van der Waals surface area contributed by atoms with Gasteiger partial charge in [-0.1, -0.05) is 18.2 Å². The van der Waals surface area contributed by atoms with Crippen molar-refractivity contribution in [1.29, 1.82) is 0 Å². The first-order valence-electron chi connectivity index (χ1n) is 9.44. The average Bonchev–Trinajstić information content (AvgIpc) is 3.04. The molecule has 1 heterocycles. The number of hydrogen-bond donors (Lipinski definition) is 2. The molecule has 0 amide bonds. The molecule has 1 aromatic heterocycles. The second-order valence-electron chi connectivity index (χ2n) is 7.21. The Labute approximate surface area is 176 Å². The van der Waals surface area contributed by atoms with Gasteiger partial charge in [-0.2, -0.15) is 39.5 Å². The van der Waals surface area contributed by atoms with Crippen molar-refractivity contribution < 1.29 is 39.5 Å². The molecule has 2 aromatic carbocycles. The summed E-state index contributed by atoms with van der Waals surface area (Å²) in [7, 11) is 0. The molecule has 0 atom stereocenters. The topological polar surface area (TPSA) is 41.8 Å². The lowest BCUT2D eigenvalue weighted by Gasteiger charge is -2.15. The van der Waals surface area contributed by atoms with Crippen LogP contribution in [0.1, 0.15) is 35.1 Å². The lowest BCUT2D eigenvalue weighted by Crippen LogP contribution is -2.11. The van der Waals surface area contributed by atoms with Crippen LogP contribution in [0.25, 0.3) is 22.2 Å². The van der Waals surface area contributed by atoms with Gasteiger partial charge in [0, 0.05) is 16.5 Å². The van der Waals surface area contributed by atoms with Crippen LogP contribution in [0.3, 0.4) is 0 Å². The zero-order chi connectivity index (χ0) is 23.9. The number of nitrogens with one attached hydrogen (secondary N) is 1. The van der Waals surface area contributed by atoms with E-state index in [4.69, 9.17) is 5.73 Å².